The van der Waals surface area contributed by atoms with Gasteiger partial charge in [0.2, 0.25) is 0 Å². The van der Waals surface area contributed by atoms with Crippen molar-refractivity contribution in [1.82, 2.24) is 0 Å². The minimum atomic E-state index is -0.407. The zero-order valence-corrected chi connectivity index (χ0v) is 42.0. The van der Waals surface area contributed by atoms with Gasteiger partial charge in [-0.05, 0) is 162 Å². The van der Waals surface area contributed by atoms with E-state index in [1.54, 1.807) is 0 Å². The van der Waals surface area contributed by atoms with Gasteiger partial charge in [0.15, 0.2) is 0 Å². The van der Waals surface area contributed by atoms with E-state index in [1.165, 1.54) is 54.6 Å². The van der Waals surface area contributed by atoms with Crippen LogP contribution in [0.4, 0.5) is 34.1 Å². The quantitative estimate of drug-likeness (QED) is 0.156. The van der Waals surface area contributed by atoms with Crippen molar-refractivity contribution >= 4 is 110 Å². The van der Waals surface area contributed by atoms with Crippen molar-refractivity contribution in [3.05, 3.63) is 230 Å². The molecule has 352 valence electrons. The standard InChI is InChI=1S/C69H54N2O2/c1-67(2,3)69(68(4,5)6)60-39-44-37-47(70(45-19-9-7-10-20-45)49-31-34-54-52-24-15-17-27-61(52)72-63(54)41-49)30-29-43(44)38-59(60)65-56-26-14-13-23-51(56)58-40-48(33-36-57(58)66(65)69)71(46-21-11-8-12-22-46)50-32-35-55-53-25-16-18-28-62(53)73-64(55)42-50/h7-42H,1-6H3. The highest BCUT2D eigenvalue weighted by atomic mass is 16.3. The Hall–Kier alpha value is -8.60. The van der Waals surface area contributed by atoms with Crippen molar-refractivity contribution in [1.29, 1.82) is 0 Å². The lowest BCUT2D eigenvalue weighted by Crippen LogP contribution is -2.50. The first-order valence-corrected chi connectivity index (χ1v) is 25.6. The lowest BCUT2D eigenvalue weighted by Gasteiger charge is -2.53. The number of rotatable bonds is 6. The third-order valence-electron chi connectivity index (χ3n) is 16.1. The molecule has 0 aliphatic heterocycles. The summed E-state index contributed by atoms with van der Waals surface area (Å²) < 4.78 is 13.0. The zero-order chi connectivity index (χ0) is 49.4. The van der Waals surface area contributed by atoms with Gasteiger partial charge in [0, 0.05) is 73.2 Å². The monoisotopic (exact) mass is 942 g/mol. The molecule has 0 fully saturated rings. The Kier molecular flexibility index (Phi) is 9.29. The van der Waals surface area contributed by atoms with E-state index in [0.29, 0.717) is 0 Å². The maximum absolute atomic E-state index is 6.49. The molecule has 0 spiro atoms. The SMILES string of the molecule is CC(C)(C)C1(C(C)(C)C)c2cc3cc(N(c4ccccc4)c4ccc5c(c4)oc4ccccc45)ccc3cc2-c2c1c1ccc(N(c3ccccc3)c3ccc4c(c3)oc3ccccc34)cc1c1ccccc21. The Labute approximate surface area is 425 Å². The molecule has 0 radical (unpaired) electrons. The van der Waals surface area contributed by atoms with E-state index in [1.807, 2.05) is 18.2 Å². The highest BCUT2D eigenvalue weighted by Gasteiger charge is 2.58. The summed E-state index contributed by atoms with van der Waals surface area (Å²) in [6.07, 6.45) is 0. The van der Waals surface area contributed by atoms with Gasteiger partial charge in [-0.25, -0.2) is 0 Å². The molecule has 14 rings (SSSR count). The van der Waals surface area contributed by atoms with Crippen LogP contribution in [0.2, 0.25) is 0 Å². The maximum Gasteiger partial charge on any atom is 0.137 e. The molecule has 4 heteroatoms. The van der Waals surface area contributed by atoms with Crippen LogP contribution in [0.1, 0.15) is 52.7 Å². The number of benzene rings is 11. The Balaban J connectivity index is 0.987. The van der Waals surface area contributed by atoms with Crippen molar-refractivity contribution < 1.29 is 8.83 Å². The molecule has 0 atom stereocenters. The van der Waals surface area contributed by atoms with Crippen LogP contribution in [-0.2, 0) is 5.41 Å². The second-order valence-electron chi connectivity index (χ2n) is 22.1. The van der Waals surface area contributed by atoms with Crippen molar-refractivity contribution in [2.24, 2.45) is 10.8 Å². The van der Waals surface area contributed by atoms with Gasteiger partial charge in [0.05, 0.1) is 0 Å². The predicted octanol–water partition coefficient (Wildman–Crippen LogP) is 20.2. The number of hydrogen-bond acceptors (Lipinski definition) is 4. The highest BCUT2D eigenvalue weighted by molar-refractivity contribution is 6.20. The summed E-state index contributed by atoms with van der Waals surface area (Å²) in [6.45, 7) is 14.8. The second-order valence-corrected chi connectivity index (χ2v) is 22.1. The number of nitrogens with zero attached hydrogens (tertiary/aromatic N) is 2. The molecular weight excluding hydrogens is 889 g/mol. The lowest BCUT2D eigenvalue weighted by molar-refractivity contribution is 0.0965. The van der Waals surface area contributed by atoms with Gasteiger partial charge in [0.1, 0.15) is 22.3 Å². The van der Waals surface area contributed by atoms with Gasteiger partial charge in [-0.2, -0.15) is 0 Å². The summed E-state index contributed by atoms with van der Waals surface area (Å²) in [5.41, 5.74) is 14.6. The summed E-state index contributed by atoms with van der Waals surface area (Å²) in [5.74, 6) is 0. The second kappa shape index (κ2) is 15.7. The van der Waals surface area contributed by atoms with Gasteiger partial charge in [0.25, 0.3) is 0 Å². The molecule has 2 heterocycles. The number of anilines is 6. The minimum absolute atomic E-state index is 0.208. The molecule has 0 saturated heterocycles. The van der Waals surface area contributed by atoms with Gasteiger partial charge >= 0.3 is 0 Å². The summed E-state index contributed by atoms with van der Waals surface area (Å²) in [6, 6.07) is 79.7. The Morgan fingerprint density at radius 1 is 0.315 bits per heavy atom. The number of fused-ring (bicyclic) bond motifs is 15. The van der Waals surface area contributed by atoms with Gasteiger partial charge in [-0.1, -0.05) is 151 Å². The molecule has 0 amide bonds. The summed E-state index contributed by atoms with van der Waals surface area (Å²) >= 11 is 0. The van der Waals surface area contributed by atoms with Crippen LogP contribution in [0.3, 0.4) is 0 Å². The molecular formula is C69H54N2O2. The first-order chi connectivity index (χ1) is 35.5. The van der Waals surface area contributed by atoms with Gasteiger partial charge in [-0.3, -0.25) is 0 Å². The zero-order valence-electron chi connectivity index (χ0n) is 42.0. The van der Waals surface area contributed by atoms with E-state index in [-0.39, 0.29) is 10.8 Å². The molecule has 13 aromatic rings. The summed E-state index contributed by atoms with van der Waals surface area (Å²) in [4.78, 5) is 4.74. The van der Waals surface area contributed by atoms with Crippen LogP contribution >= 0.6 is 0 Å². The fourth-order valence-corrected chi connectivity index (χ4v) is 13.5. The normalized spacial score (nSPS) is 13.5. The summed E-state index contributed by atoms with van der Waals surface area (Å²) in [5, 5.41) is 12.0. The van der Waals surface area contributed by atoms with Crippen LogP contribution < -0.4 is 9.80 Å². The number of hydrogen-bond donors (Lipinski definition) is 0. The average Bonchev–Trinajstić information content (AvgIpc) is 4.07. The van der Waals surface area contributed by atoms with Crippen LogP contribution in [0, 0.1) is 10.8 Å². The summed E-state index contributed by atoms with van der Waals surface area (Å²) in [7, 11) is 0. The topological polar surface area (TPSA) is 32.8 Å². The van der Waals surface area contributed by atoms with Crippen LogP contribution in [-0.4, -0.2) is 0 Å². The van der Waals surface area contributed by atoms with Crippen molar-refractivity contribution in [2.75, 3.05) is 9.80 Å². The van der Waals surface area contributed by atoms with E-state index in [9.17, 15) is 0 Å². The molecule has 1 aliphatic carbocycles. The Morgan fingerprint density at radius 3 is 1.30 bits per heavy atom. The molecule has 0 unspecified atom stereocenters. The third-order valence-corrected chi connectivity index (χ3v) is 16.1. The third kappa shape index (κ3) is 6.32. The highest BCUT2D eigenvalue weighted by Crippen LogP contribution is 2.68. The molecule has 73 heavy (non-hydrogen) atoms. The maximum atomic E-state index is 6.49. The lowest BCUT2D eigenvalue weighted by atomic mass is 9.49. The molecule has 0 bridgehead atoms. The van der Waals surface area contributed by atoms with Gasteiger partial charge in [-0.15, -0.1) is 0 Å². The van der Waals surface area contributed by atoms with Crippen molar-refractivity contribution in [3.63, 3.8) is 0 Å². The van der Waals surface area contributed by atoms with E-state index in [4.69, 9.17) is 8.83 Å². The largest absolute Gasteiger partial charge is 0.456 e. The molecule has 0 saturated carbocycles. The predicted molar refractivity (Wildman–Crippen MR) is 308 cm³/mol. The van der Waals surface area contributed by atoms with Gasteiger partial charge < -0.3 is 18.6 Å². The van der Waals surface area contributed by atoms with Crippen LogP contribution in [0.25, 0.3) is 87.3 Å². The minimum Gasteiger partial charge on any atom is -0.456 e. The average molecular weight is 943 g/mol. The molecule has 1 aliphatic rings. The number of furan rings is 2. The first-order valence-electron chi connectivity index (χ1n) is 25.6. The van der Waals surface area contributed by atoms with Crippen LogP contribution in [0.5, 0.6) is 0 Å². The molecule has 2 aromatic heterocycles. The fraction of sp³-hybridized carbons (Fsp3) is 0.130. The number of para-hydroxylation sites is 4. The van der Waals surface area contributed by atoms with E-state index in [0.717, 1.165) is 78.0 Å². The first kappa shape index (κ1) is 43.2. The smallest absolute Gasteiger partial charge is 0.137 e. The molecule has 0 N–H and O–H groups in total. The fourth-order valence-electron chi connectivity index (χ4n) is 13.5. The van der Waals surface area contributed by atoms with E-state index in [2.05, 4.69) is 252 Å². The molecule has 11 aromatic carbocycles. The van der Waals surface area contributed by atoms with Crippen LogP contribution in [0.15, 0.2) is 227 Å². The molecule has 4 nitrogen and oxygen atoms in total. The van der Waals surface area contributed by atoms with E-state index >= 15 is 0 Å². The Morgan fingerprint density at radius 2 is 0.753 bits per heavy atom. The van der Waals surface area contributed by atoms with Crippen molar-refractivity contribution in [3.8, 4) is 11.1 Å². The van der Waals surface area contributed by atoms with Crippen molar-refractivity contribution in [2.45, 2.75) is 47.0 Å². The Bertz CT molecular complexity index is 4340. The van der Waals surface area contributed by atoms with E-state index < -0.39 is 5.41 Å².